The summed E-state index contributed by atoms with van der Waals surface area (Å²) in [5, 5.41) is 3.78. The number of carbonyl (C=O) groups excluding carboxylic acids is 2. The van der Waals surface area contributed by atoms with Gasteiger partial charge >= 0.3 is 0 Å². The molecule has 0 heterocycles. The topological polar surface area (TPSA) is 58.6 Å². The minimum Gasteiger partial charge on any atom is -0.494 e. The quantitative estimate of drug-likeness (QED) is 0.424. The zero-order valence-corrected chi connectivity index (χ0v) is 20.7. The zero-order chi connectivity index (χ0) is 23.7. The van der Waals surface area contributed by atoms with Crippen LogP contribution in [0.15, 0.2) is 42.5 Å². The first-order chi connectivity index (χ1) is 15.2. The molecule has 0 aromatic heterocycles. The third kappa shape index (κ3) is 8.36. The van der Waals surface area contributed by atoms with Gasteiger partial charge in [0.25, 0.3) is 0 Å². The number of carbonyl (C=O) groups is 2. The molecule has 0 aliphatic carbocycles. The summed E-state index contributed by atoms with van der Waals surface area (Å²) in [6.45, 7) is 9.06. The molecule has 0 fully saturated rings. The molecule has 2 aromatic carbocycles. The van der Waals surface area contributed by atoms with Crippen molar-refractivity contribution in [1.29, 1.82) is 0 Å². The fourth-order valence-electron chi connectivity index (χ4n) is 3.06. The van der Waals surface area contributed by atoms with Gasteiger partial charge < -0.3 is 15.0 Å². The lowest BCUT2D eigenvalue weighted by atomic mass is 10.1. The van der Waals surface area contributed by atoms with E-state index in [2.05, 4.69) is 5.32 Å². The number of aryl methyl sites for hydroxylation is 1. The molecular formula is C25H32Cl2N2O3. The molecule has 0 bridgehead atoms. The number of hydrogen-bond acceptors (Lipinski definition) is 3. The molecule has 1 N–H and O–H groups in total. The number of hydrogen-bond donors (Lipinski definition) is 1. The lowest BCUT2D eigenvalue weighted by Crippen LogP contribution is -2.48. The van der Waals surface area contributed by atoms with E-state index in [-0.39, 0.29) is 24.8 Å². The molecule has 5 nitrogen and oxygen atoms in total. The molecule has 0 spiro atoms. The molecule has 1 atom stereocenters. The Hall–Kier alpha value is -2.24. The standard InChI is InChI=1S/C25H32Cl2N2O3/c1-17(2)15-28-25(31)19(4)29(16-20-9-12-22(26)23(27)14-20)24(30)6-5-13-32-21-10-7-18(3)8-11-21/h7-12,14,17,19H,5-6,13,15-16H2,1-4H3,(H,28,31)/t19-/m1/s1. The number of nitrogens with zero attached hydrogens (tertiary/aromatic N) is 1. The molecule has 32 heavy (non-hydrogen) atoms. The van der Waals surface area contributed by atoms with Gasteiger partial charge in [-0.2, -0.15) is 0 Å². The molecule has 0 aliphatic heterocycles. The molecule has 2 aromatic rings. The Kier molecular flexibility index (Phi) is 10.3. The van der Waals surface area contributed by atoms with Gasteiger partial charge in [0.1, 0.15) is 11.8 Å². The van der Waals surface area contributed by atoms with E-state index in [1.807, 2.05) is 51.1 Å². The Morgan fingerprint density at radius 3 is 2.34 bits per heavy atom. The summed E-state index contributed by atoms with van der Waals surface area (Å²) < 4.78 is 5.73. The minimum absolute atomic E-state index is 0.115. The summed E-state index contributed by atoms with van der Waals surface area (Å²) in [6, 6.07) is 12.4. The molecule has 0 saturated heterocycles. The lowest BCUT2D eigenvalue weighted by molar-refractivity contribution is -0.140. The SMILES string of the molecule is Cc1ccc(OCCCC(=O)N(Cc2ccc(Cl)c(Cl)c2)[C@H](C)C(=O)NCC(C)C)cc1. The largest absolute Gasteiger partial charge is 0.494 e. The van der Waals surface area contributed by atoms with Crippen LogP contribution in [0.2, 0.25) is 10.0 Å². The fraction of sp³-hybridized carbons (Fsp3) is 0.440. The normalized spacial score (nSPS) is 11.8. The van der Waals surface area contributed by atoms with Crippen molar-refractivity contribution in [1.82, 2.24) is 10.2 Å². The van der Waals surface area contributed by atoms with Crippen molar-refractivity contribution in [3.8, 4) is 5.75 Å². The Morgan fingerprint density at radius 2 is 1.72 bits per heavy atom. The van der Waals surface area contributed by atoms with E-state index in [9.17, 15) is 9.59 Å². The second kappa shape index (κ2) is 12.7. The van der Waals surface area contributed by atoms with Crippen LogP contribution in [0.5, 0.6) is 5.75 Å². The van der Waals surface area contributed by atoms with E-state index in [4.69, 9.17) is 27.9 Å². The zero-order valence-electron chi connectivity index (χ0n) is 19.2. The second-order valence-corrected chi connectivity index (χ2v) is 9.16. The van der Waals surface area contributed by atoms with Gasteiger partial charge in [0.15, 0.2) is 0 Å². The van der Waals surface area contributed by atoms with Gasteiger partial charge in [-0.15, -0.1) is 0 Å². The molecule has 0 radical (unpaired) electrons. The second-order valence-electron chi connectivity index (χ2n) is 8.35. The first-order valence-corrected chi connectivity index (χ1v) is 11.6. The Bertz CT molecular complexity index is 901. The van der Waals surface area contributed by atoms with Crippen LogP contribution in [0, 0.1) is 12.8 Å². The van der Waals surface area contributed by atoms with Crippen LogP contribution in [-0.4, -0.2) is 35.9 Å². The van der Waals surface area contributed by atoms with Crippen LogP contribution < -0.4 is 10.1 Å². The average Bonchev–Trinajstić information content (AvgIpc) is 2.76. The van der Waals surface area contributed by atoms with E-state index in [0.717, 1.165) is 16.9 Å². The molecular weight excluding hydrogens is 447 g/mol. The summed E-state index contributed by atoms with van der Waals surface area (Å²) in [5.74, 6) is 0.806. The van der Waals surface area contributed by atoms with Crippen LogP contribution in [0.3, 0.4) is 0 Å². The highest BCUT2D eigenvalue weighted by atomic mass is 35.5. The van der Waals surface area contributed by atoms with E-state index < -0.39 is 6.04 Å². The number of halogens is 2. The van der Waals surface area contributed by atoms with Gasteiger partial charge in [-0.3, -0.25) is 9.59 Å². The summed E-state index contributed by atoms with van der Waals surface area (Å²) in [4.78, 5) is 27.3. The number of amides is 2. The van der Waals surface area contributed by atoms with Crippen LogP contribution in [-0.2, 0) is 16.1 Å². The maximum Gasteiger partial charge on any atom is 0.242 e. The van der Waals surface area contributed by atoms with Crippen molar-refractivity contribution in [2.24, 2.45) is 5.92 Å². The van der Waals surface area contributed by atoms with Gasteiger partial charge in [-0.05, 0) is 56.0 Å². The number of ether oxygens (including phenoxy) is 1. The lowest BCUT2D eigenvalue weighted by Gasteiger charge is -2.29. The minimum atomic E-state index is -0.617. The van der Waals surface area contributed by atoms with Gasteiger partial charge in [0.05, 0.1) is 16.7 Å². The van der Waals surface area contributed by atoms with Gasteiger partial charge in [0, 0.05) is 19.5 Å². The summed E-state index contributed by atoms with van der Waals surface area (Å²) >= 11 is 12.2. The molecule has 0 unspecified atom stereocenters. The fourth-order valence-corrected chi connectivity index (χ4v) is 3.38. The maximum absolute atomic E-state index is 13.1. The summed E-state index contributed by atoms with van der Waals surface area (Å²) in [6.07, 6.45) is 0.819. The maximum atomic E-state index is 13.1. The molecule has 174 valence electrons. The predicted octanol–water partition coefficient (Wildman–Crippen LogP) is 5.65. The van der Waals surface area contributed by atoms with Crippen molar-refractivity contribution < 1.29 is 14.3 Å². The van der Waals surface area contributed by atoms with Gasteiger partial charge in [0.2, 0.25) is 11.8 Å². The Balaban J connectivity index is 2.02. The number of benzene rings is 2. The Labute approximate surface area is 201 Å². The van der Waals surface area contributed by atoms with Gasteiger partial charge in [-0.25, -0.2) is 0 Å². The van der Waals surface area contributed by atoms with Crippen molar-refractivity contribution in [3.05, 3.63) is 63.6 Å². The highest BCUT2D eigenvalue weighted by molar-refractivity contribution is 6.42. The van der Waals surface area contributed by atoms with Gasteiger partial charge in [-0.1, -0.05) is 60.8 Å². The van der Waals surface area contributed by atoms with Crippen LogP contribution >= 0.6 is 23.2 Å². The predicted molar refractivity (Wildman–Crippen MR) is 130 cm³/mol. The average molecular weight is 479 g/mol. The molecule has 7 heteroatoms. The van der Waals surface area contributed by atoms with Crippen molar-refractivity contribution >= 4 is 35.0 Å². The Morgan fingerprint density at radius 1 is 1.03 bits per heavy atom. The van der Waals surface area contributed by atoms with Crippen molar-refractivity contribution in [3.63, 3.8) is 0 Å². The monoisotopic (exact) mass is 478 g/mol. The van der Waals surface area contributed by atoms with Crippen LogP contribution in [0.1, 0.15) is 44.7 Å². The third-order valence-corrected chi connectivity index (χ3v) is 5.75. The van der Waals surface area contributed by atoms with E-state index in [0.29, 0.717) is 35.5 Å². The van der Waals surface area contributed by atoms with E-state index >= 15 is 0 Å². The summed E-state index contributed by atoms with van der Waals surface area (Å²) in [5.41, 5.74) is 1.97. The molecule has 0 aliphatic rings. The molecule has 2 amide bonds. The third-order valence-electron chi connectivity index (χ3n) is 5.01. The first-order valence-electron chi connectivity index (χ1n) is 10.9. The van der Waals surface area contributed by atoms with Crippen molar-refractivity contribution in [2.75, 3.05) is 13.2 Å². The van der Waals surface area contributed by atoms with E-state index in [1.165, 1.54) is 0 Å². The molecule has 2 rings (SSSR count). The van der Waals surface area contributed by atoms with Crippen LogP contribution in [0.25, 0.3) is 0 Å². The highest BCUT2D eigenvalue weighted by Gasteiger charge is 2.26. The van der Waals surface area contributed by atoms with E-state index in [1.54, 1.807) is 24.0 Å². The molecule has 0 saturated carbocycles. The summed E-state index contributed by atoms with van der Waals surface area (Å²) in [7, 11) is 0. The highest BCUT2D eigenvalue weighted by Crippen LogP contribution is 2.24. The van der Waals surface area contributed by atoms with Crippen LogP contribution in [0.4, 0.5) is 0 Å². The number of rotatable bonds is 11. The smallest absolute Gasteiger partial charge is 0.242 e. The first kappa shape index (κ1) is 26.0. The number of nitrogens with one attached hydrogen (secondary N) is 1. The van der Waals surface area contributed by atoms with Crippen molar-refractivity contribution in [2.45, 2.75) is 53.1 Å².